The van der Waals surface area contributed by atoms with Gasteiger partial charge in [-0.2, -0.15) is 0 Å². The molecule has 0 aromatic carbocycles. The first-order valence-corrected chi connectivity index (χ1v) is 8.46. The summed E-state index contributed by atoms with van der Waals surface area (Å²) in [6, 6.07) is 0. The van der Waals surface area contributed by atoms with Crippen LogP contribution in [-0.2, 0) is 33.4 Å². The molecule has 0 heterocycles. The van der Waals surface area contributed by atoms with Gasteiger partial charge in [-0.05, 0) is 46.5 Å². The van der Waals surface area contributed by atoms with Gasteiger partial charge in [-0.15, -0.1) is 0 Å². The van der Waals surface area contributed by atoms with Gasteiger partial charge in [-0.3, -0.25) is 19.2 Å². The third kappa shape index (κ3) is 4.55. The number of Topliss-reactive ketones (excluding diaryl/α,β-unsaturated/α-hetero) is 1. The zero-order valence-electron chi connectivity index (χ0n) is 14.6. The molecule has 7 nitrogen and oxygen atoms in total. The molecule has 0 radical (unpaired) electrons. The van der Waals surface area contributed by atoms with Crippen molar-refractivity contribution in [3.05, 3.63) is 0 Å². The topological polar surface area (TPSA) is 96.0 Å². The van der Waals surface area contributed by atoms with E-state index in [1.54, 1.807) is 20.8 Å². The molecule has 1 aliphatic carbocycles. The number of ketones is 1. The average molecular weight is 342 g/mol. The van der Waals surface area contributed by atoms with Crippen molar-refractivity contribution in [2.24, 2.45) is 11.3 Å². The maximum Gasteiger partial charge on any atom is 0.320 e. The number of rotatable bonds is 9. The lowest BCUT2D eigenvalue weighted by molar-refractivity contribution is -0.166. The molecule has 0 spiro atoms. The first-order chi connectivity index (χ1) is 11.4. The van der Waals surface area contributed by atoms with Crippen LogP contribution in [0.3, 0.4) is 0 Å². The Morgan fingerprint density at radius 2 is 1.54 bits per heavy atom. The van der Waals surface area contributed by atoms with Crippen LogP contribution in [0.1, 0.15) is 52.9 Å². The zero-order valence-corrected chi connectivity index (χ0v) is 14.6. The second-order valence-corrected chi connectivity index (χ2v) is 5.67. The standard InChI is InChI=1S/C17H26O7/c1-4-22-14(19)12(15(20)23-5-2)9-11-17(16(21)24-6-3)10-7-8-13(17)18/h12H,4-11H2,1-3H3. The molecule has 1 fully saturated rings. The molecule has 136 valence electrons. The number of carbonyl (C=O) groups excluding carboxylic acids is 4. The van der Waals surface area contributed by atoms with E-state index in [1.165, 1.54) is 0 Å². The van der Waals surface area contributed by atoms with Gasteiger partial charge in [0.2, 0.25) is 0 Å². The van der Waals surface area contributed by atoms with Crippen molar-refractivity contribution < 1.29 is 33.4 Å². The molecule has 0 aromatic heterocycles. The number of hydrogen-bond donors (Lipinski definition) is 0. The van der Waals surface area contributed by atoms with E-state index in [2.05, 4.69) is 0 Å². The summed E-state index contributed by atoms with van der Waals surface area (Å²) in [7, 11) is 0. The first kappa shape index (κ1) is 20.1. The lowest BCUT2D eigenvalue weighted by atomic mass is 9.78. The molecule has 7 heteroatoms. The fourth-order valence-corrected chi connectivity index (χ4v) is 2.99. The van der Waals surface area contributed by atoms with Gasteiger partial charge in [0.05, 0.1) is 19.8 Å². The number of esters is 3. The van der Waals surface area contributed by atoms with Crippen molar-refractivity contribution in [3.63, 3.8) is 0 Å². The van der Waals surface area contributed by atoms with Gasteiger partial charge >= 0.3 is 17.9 Å². The van der Waals surface area contributed by atoms with Crippen LogP contribution < -0.4 is 0 Å². The second kappa shape index (κ2) is 9.39. The molecule has 1 saturated carbocycles. The van der Waals surface area contributed by atoms with E-state index >= 15 is 0 Å². The number of ether oxygens (including phenoxy) is 3. The number of hydrogen-bond acceptors (Lipinski definition) is 7. The van der Waals surface area contributed by atoms with Crippen LogP contribution in [-0.4, -0.2) is 43.5 Å². The predicted molar refractivity (Wildman–Crippen MR) is 83.9 cm³/mol. The van der Waals surface area contributed by atoms with Crippen molar-refractivity contribution in [2.75, 3.05) is 19.8 Å². The molecule has 1 aliphatic rings. The van der Waals surface area contributed by atoms with E-state index in [4.69, 9.17) is 14.2 Å². The summed E-state index contributed by atoms with van der Waals surface area (Å²) in [5.41, 5.74) is -1.26. The Labute approximate surface area is 142 Å². The molecule has 1 rings (SSSR count). The molecule has 0 aliphatic heterocycles. The molecule has 0 aromatic rings. The Morgan fingerprint density at radius 1 is 1.00 bits per heavy atom. The van der Waals surface area contributed by atoms with Gasteiger partial charge in [0, 0.05) is 6.42 Å². The van der Waals surface area contributed by atoms with Crippen LogP contribution in [0.5, 0.6) is 0 Å². The van der Waals surface area contributed by atoms with Crippen LogP contribution in [0.2, 0.25) is 0 Å². The molecule has 24 heavy (non-hydrogen) atoms. The van der Waals surface area contributed by atoms with Crippen molar-refractivity contribution in [3.8, 4) is 0 Å². The molecule has 0 amide bonds. The highest BCUT2D eigenvalue weighted by Crippen LogP contribution is 2.41. The molecule has 0 bridgehead atoms. The smallest absolute Gasteiger partial charge is 0.320 e. The van der Waals surface area contributed by atoms with Crippen molar-refractivity contribution in [1.82, 2.24) is 0 Å². The van der Waals surface area contributed by atoms with E-state index in [9.17, 15) is 19.2 Å². The van der Waals surface area contributed by atoms with Crippen LogP contribution in [0.15, 0.2) is 0 Å². The maximum absolute atomic E-state index is 12.3. The van der Waals surface area contributed by atoms with E-state index in [-0.39, 0.29) is 38.4 Å². The zero-order chi connectivity index (χ0) is 18.2. The summed E-state index contributed by atoms with van der Waals surface area (Å²) in [6.45, 7) is 5.40. The molecule has 0 saturated heterocycles. The van der Waals surface area contributed by atoms with E-state index in [0.29, 0.717) is 19.3 Å². The number of carbonyl (C=O) groups is 4. The SMILES string of the molecule is CCOC(=O)C(CCC1(C(=O)OCC)CCCC1=O)C(=O)OCC. The lowest BCUT2D eigenvalue weighted by Crippen LogP contribution is -2.39. The molecule has 0 N–H and O–H groups in total. The fourth-order valence-electron chi connectivity index (χ4n) is 2.99. The van der Waals surface area contributed by atoms with Gasteiger partial charge in [0.25, 0.3) is 0 Å². The Bertz CT molecular complexity index is 467. The van der Waals surface area contributed by atoms with Crippen molar-refractivity contribution in [1.29, 1.82) is 0 Å². The Balaban J connectivity index is 2.91. The summed E-state index contributed by atoms with van der Waals surface area (Å²) < 4.78 is 14.9. The fraction of sp³-hybridized carbons (Fsp3) is 0.765. The highest BCUT2D eigenvalue weighted by molar-refractivity contribution is 6.05. The molecular weight excluding hydrogens is 316 g/mol. The van der Waals surface area contributed by atoms with Gasteiger partial charge in [-0.1, -0.05) is 0 Å². The van der Waals surface area contributed by atoms with Gasteiger partial charge in [0.15, 0.2) is 5.92 Å². The maximum atomic E-state index is 12.3. The lowest BCUT2D eigenvalue weighted by Gasteiger charge is -2.26. The Kier molecular flexibility index (Phi) is 7.88. The van der Waals surface area contributed by atoms with E-state index in [0.717, 1.165) is 0 Å². The van der Waals surface area contributed by atoms with Gasteiger partial charge in [-0.25, -0.2) is 0 Å². The summed E-state index contributed by atoms with van der Waals surface area (Å²) in [4.78, 5) is 48.6. The largest absolute Gasteiger partial charge is 0.465 e. The summed E-state index contributed by atoms with van der Waals surface area (Å²) in [5.74, 6) is -3.28. The third-order valence-electron chi connectivity index (χ3n) is 4.21. The highest BCUT2D eigenvalue weighted by atomic mass is 16.6. The quantitative estimate of drug-likeness (QED) is 0.358. The van der Waals surface area contributed by atoms with Crippen molar-refractivity contribution >= 4 is 23.7 Å². The Hall–Kier alpha value is -1.92. The van der Waals surface area contributed by atoms with Gasteiger partial charge < -0.3 is 14.2 Å². The van der Waals surface area contributed by atoms with E-state index in [1.807, 2.05) is 0 Å². The molecular formula is C17H26O7. The third-order valence-corrected chi connectivity index (χ3v) is 4.21. The average Bonchev–Trinajstić information content (AvgIpc) is 2.90. The predicted octanol–water partition coefficient (Wildman–Crippen LogP) is 1.81. The van der Waals surface area contributed by atoms with Crippen molar-refractivity contribution in [2.45, 2.75) is 52.9 Å². The first-order valence-electron chi connectivity index (χ1n) is 8.46. The minimum absolute atomic E-state index is 0.0161. The van der Waals surface area contributed by atoms with Crippen LogP contribution in [0, 0.1) is 11.3 Å². The monoisotopic (exact) mass is 342 g/mol. The summed E-state index contributed by atoms with van der Waals surface area (Å²) in [6.07, 6.45) is 1.38. The minimum Gasteiger partial charge on any atom is -0.465 e. The normalized spacial score (nSPS) is 20.1. The molecule has 1 atom stereocenters. The van der Waals surface area contributed by atoms with Crippen LogP contribution in [0.25, 0.3) is 0 Å². The Morgan fingerprint density at radius 3 is 1.96 bits per heavy atom. The van der Waals surface area contributed by atoms with Crippen LogP contribution in [0.4, 0.5) is 0 Å². The van der Waals surface area contributed by atoms with E-state index < -0.39 is 29.2 Å². The molecule has 1 unspecified atom stereocenters. The summed E-state index contributed by atoms with van der Waals surface area (Å²) in [5, 5.41) is 0. The highest BCUT2D eigenvalue weighted by Gasteiger charge is 2.50. The minimum atomic E-state index is -1.26. The second-order valence-electron chi connectivity index (χ2n) is 5.67. The summed E-state index contributed by atoms with van der Waals surface area (Å²) >= 11 is 0. The van der Waals surface area contributed by atoms with Gasteiger partial charge in [0.1, 0.15) is 11.2 Å². The van der Waals surface area contributed by atoms with Crippen LogP contribution >= 0.6 is 0 Å².